The zero-order valence-electron chi connectivity index (χ0n) is 13.8. The minimum atomic E-state index is -0.789. The van der Waals surface area contributed by atoms with Gasteiger partial charge in [-0.15, -0.1) is 0 Å². The second kappa shape index (κ2) is 8.03. The first-order valence-corrected chi connectivity index (χ1v) is 7.57. The molecular formula is C17H27NO3. The van der Waals surface area contributed by atoms with Crippen molar-refractivity contribution in [3.8, 4) is 5.75 Å². The molecule has 4 nitrogen and oxygen atoms in total. The van der Waals surface area contributed by atoms with E-state index in [9.17, 15) is 4.79 Å². The number of hydrogen-bond donors (Lipinski definition) is 1. The van der Waals surface area contributed by atoms with E-state index in [0.29, 0.717) is 13.0 Å². The van der Waals surface area contributed by atoms with Crippen LogP contribution < -0.4 is 10.1 Å². The number of aryl methyl sites for hydroxylation is 1. The van der Waals surface area contributed by atoms with Crippen molar-refractivity contribution < 1.29 is 14.3 Å². The first kappa shape index (κ1) is 17.5. The Labute approximate surface area is 127 Å². The molecule has 118 valence electrons. The van der Waals surface area contributed by atoms with E-state index in [4.69, 9.17) is 9.47 Å². The monoisotopic (exact) mass is 293 g/mol. The Balaban J connectivity index is 2.79. The van der Waals surface area contributed by atoms with Crippen LogP contribution in [0, 0.1) is 6.92 Å². The summed E-state index contributed by atoms with van der Waals surface area (Å²) >= 11 is 0. The van der Waals surface area contributed by atoms with E-state index >= 15 is 0 Å². The summed E-state index contributed by atoms with van der Waals surface area (Å²) in [4.78, 5) is 12.4. The van der Waals surface area contributed by atoms with E-state index in [1.54, 1.807) is 7.11 Å². The number of rotatable bonds is 8. The average molecular weight is 293 g/mol. The Hall–Kier alpha value is -1.55. The Morgan fingerprint density at radius 1 is 1.33 bits per heavy atom. The number of methoxy groups -OCH3 is 1. The highest BCUT2D eigenvalue weighted by atomic mass is 16.5. The van der Waals surface area contributed by atoms with Crippen LogP contribution in [-0.4, -0.2) is 25.2 Å². The first-order valence-electron chi connectivity index (χ1n) is 7.57. The molecule has 4 heteroatoms. The van der Waals surface area contributed by atoms with Crippen molar-refractivity contribution in [3.05, 3.63) is 23.8 Å². The predicted molar refractivity (Wildman–Crippen MR) is 85.9 cm³/mol. The largest absolute Gasteiger partial charge is 0.494 e. The summed E-state index contributed by atoms with van der Waals surface area (Å²) in [7, 11) is 1.58. The van der Waals surface area contributed by atoms with E-state index in [-0.39, 0.29) is 5.91 Å². The van der Waals surface area contributed by atoms with Crippen LogP contribution in [0.5, 0.6) is 5.75 Å². The molecule has 1 aromatic rings. The van der Waals surface area contributed by atoms with E-state index in [1.165, 1.54) is 0 Å². The third-order valence-corrected chi connectivity index (χ3v) is 3.67. The number of anilines is 1. The lowest BCUT2D eigenvalue weighted by molar-refractivity contribution is -0.136. The van der Waals surface area contributed by atoms with Crippen molar-refractivity contribution >= 4 is 11.6 Å². The second-order valence-electron chi connectivity index (χ2n) is 5.41. The molecule has 0 heterocycles. The van der Waals surface area contributed by atoms with Crippen molar-refractivity contribution in [3.63, 3.8) is 0 Å². The molecule has 0 saturated carbocycles. The maximum Gasteiger partial charge on any atom is 0.256 e. The van der Waals surface area contributed by atoms with Gasteiger partial charge in [-0.1, -0.05) is 19.8 Å². The van der Waals surface area contributed by atoms with Gasteiger partial charge in [-0.05, 0) is 51.0 Å². The molecule has 1 N–H and O–H groups in total. The molecule has 0 bridgehead atoms. The highest BCUT2D eigenvalue weighted by molar-refractivity contribution is 5.97. The molecule has 0 aliphatic carbocycles. The summed E-state index contributed by atoms with van der Waals surface area (Å²) in [6.45, 7) is 8.48. The molecule has 1 aromatic carbocycles. The minimum Gasteiger partial charge on any atom is -0.494 e. The van der Waals surface area contributed by atoms with Crippen molar-refractivity contribution in [1.29, 1.82) is 0 Å². The Bertz CT molecular complexity index is 473. The lowest BCUT2D eigenvalue weighted by Gasteiger charge is -2.27. The van der Waals surface area contributed by atoms with E-state index in [0.717, 1.165) is 29.8 Å². The normalized spacial score (nSPS) is 13.6. The summed E-state index contributed by atoms with van der Waals surface area (Å²) in [5.41, 5.74) is 0.978. The third-order valence-electron chi connectivity index (χ3n) is 3.67. The van der Waals surface area contributed by atoms with E-state index in [1.807, 2.05) is 39.0 Å². The summed E-state index contributed by atoms with van der Waals surface area (Å²) < 4.78 is 10.9. The van der Waals surface area contributed by atoms with Gasteiger partial charge in [0.05, 0.1) is 6.61 Å². The highest BCUT2D eigenvalue weighted by Crippen LogP contribution is 2.24. The van der Waals surface area contributed by atoms with Crippen molar-refractivity contribution in [1.82, 2.24) is 0 Å². The molecule has 1 rings (SSSR count). The lowest BCUT2D eigenvalue weighted by Crippen LogP contribution is -2.41. The molecule has 0 unspecified atom stereocenters. The van der Waals surface area contributed by atoms with Crippen LogP contribution in [-0.2, 0) is 9.53 Å². The fourth-order valence-electron chi connectivity index (χ4n) is 2.13. The molecule has 0 radical (unpaired) electrons. The SMILES string of the molecule is CCCC[C@@](C)(OC)C(=O)Nc1ccc(OCC)c(C)c1. The smallest absolute Gasteiger partial charge is 0.256 e. The zero-order chi connectivity index (χ0) is 15.9. The second-order valence-corrected chi connectivity index (χ2v) is 5.41. The molecule has 0 spiro atoms. The minimum absolute atomic E-state index is 0.109. The number of ether oxygens (including phenoxy) is 2. The summed E-state index contributed by atoms with van der Waals surface area (Å²) in [5.74, 6) is 0.734. The van der Waals surface area contributed by atoms with Gasteiger partial charge in [0.2, 0.25) is 0 Å². The highest BCUT2D eigenvalue weighted by Gasteiger charge is 2.32. The van der Waals surface area contributed by atoms with Gasteiger partial charge in [0.25, 0.3) is 5.91 Å². The number of unbranched alkanes of at least 4 members (excludes halogenated alkanes) is 1. The number of amides is 1. The maximum atomic E-state index is 12.4. The van der Waals surface area contributed by atoms with Gasteiger partial charge in [-0.25, -0.2) is 0 Å². The van der Waals surface area contributed by atoms with Gasteiger partial charge in [-0.2, -0.15) is 0 Å². The molecule has 1 amide bonds. The number of benzene rings is 1. The van der Waals surface area contributed by atoms with Gasteiger partial charge in [0.1, 0.15) is 11.4 Å². The number of hydrogen-bond acceptors (Lipinski definition) is 3. The van der Waals surface area contributed by atoms with Gasteiger partial charge in [-0.3, -0.25) is 4.79 Å². The van der Waals surface area contributed by atoms with E-state index < -0.39 is 5.60 Å². The van der Waals surface area contributed by atoms with Crippen LogP contribution in [0.4, 0.5) is 5.69 Å². The van der Waals surface area contributed by atoms with Crippen LogP contribution in [0.15, 0.2) is 18.2 Å². The molecule has 1 atom stereocenters. The van der Waals surface area contributed by atoms with Crippen LogP contribution >= 0.6 is 0 Å². The van der Waals surface area contributed by atoms with Gasteiger partial charge in [0.15, 0.2) is 0 Å². The van der Waals surface area contributed by atoms with Gasteiger partial charge in [0, 0.05) is 12.8 Å². The maximum absolute atomic E-state index is 12.4. The molecule has 0 fully saturated rings. The molecule has 0 aliphatic rings. The lowest BCUT2D eigenvalue weighted by atomic mass is 9.97. The molecule has 0 aromatic heterocycles. The average Bonchev–Trinajstić information content (AvgIpc) is 2.47. The quantitative estimate of drug-likeness (QED) is 0.790. The number of carbonyl (C=O) groups excluding carboxylic acids is 1. The van der Waals surface area contributed by atoms with Crippen LogP contribution in [0.2, 0.25) is 0 Å². The zero-order valence-corrected chi connectivity index (χ0v) is 13.8. The molecular weight excluding hydrogens is 266 g/mol. The summed E-state index contributed by atoms with van der Waals surface area (Å²) in [5, 5.41) is 2.93. The van der Waals surface area contributed by atoms with Gasteiger partial charge < -0.3 is 14.8 Å². The third kappa shape index (κ3) is 4.74. The van der Waals surface area contributed by atoms with Crippen LogP contribution in [0.3, 0.4) is 0 Å². The van der Waals surface area contributed by atoms with Crippen LogP contribution in [0.25, 0.3) is 0 Å². The summed E-state index contributed by atoms with van der Waals surface area (Å²) in [6.07, 6.45) is 2.70. The molecule has 21 heavy (non-hydrogen) atoms. The molecule has 0 saturated heterocycles. The Kier molecular flexibility index (Phi) is 6.69. The Morgan fingerprint density at radius 2 is 2.05 bits per heavy atom. The van der Waals surface area contributed by atoms with Crippen molar-refractivity contribution in [2.24, 2.45) is 0 Å². The molecule has 0 aliphatic heterocycles. The fraction of sp³-hybridized carbons (Fsp3) is 0.588. The van der Waals surface area contributed by atoms with Crippen molar-refractivity contribution in [2.75, 3.05) is 19.0 Å². The first-order chi connectivity index (χ1) is 9.96. The van der Waals surface area contributed by atoms with Gasteiger partial charge >= 0.3 is 0 Å². The predicted octanol–water partition coefficient (Wildman–Crippen LogP) is 3.93. The number of carbonyl (C=O) groups is 1. The Morgan fingerprint density at radius 3 is 2.57 bits per heavy atom. The standard InChI is InChI=1S/C17H27NO3/c1-6-8-11-17(4,20-5)16(19)18-14-9-10-15(21-7-2)13(3)12-14/h9-10,12H,6-8,11H2,1-5H3,(H,18,19)/t17-/m1/s1. The van der Waals surface area contributed by atoms with Crippen molar-refractivity contribution in [2.45, 2.75) is 52.6 Å². The fourth-order valence-corrected chi connectivity index (χ4v) is 2.13. The summed E-state index contributed by atoms with van der Waals surface area (Å²) in [6, 6.07) is 5.65. The number of nitrogens with one attached hydrogen (secondary N) is 1. The van der Waals surface area contributed by atoms with Crippen LogP contribution in [0.1, 0.15) is 45.6 Å². The van der Waals surface area contributed by atoms with E-state index in [2.05, 4.69) is 12.2 Å². The topological polar surface area (TPSA) is 47.6 Å².